The van der Waals surface area contributed by atoms with Gasteiger partial charge in [-0.25, -0.2) is 4.98 Å². The molecule has 0 unspecified atom stereocenters. The first-order valence-electron chi connectivity index (χ1n) is 8.70. The Kier molecular flexibility index (Phi) is 5.00. The number of nitro groups is 1. The molecule has 2 aromatic carbocycles. The summed E-state index contributed by atoms with van der Waals surface area (Å²) in [7, 11) is 0. The van der Waals surface area contributed by atoms with Crippen molar-refractivity contribution in [3.8, 4) is 11.8 Å². The Hall–Kier alpha value is -4.03. The number of aromatic nitrogens is 3. The lowest BCUT2D eigenvalue weighted by molar-refractivity contribution is -0.384. The monoisotopic (exact) mass is 461 g/mol. The second-order valence-corrected chi connectivity index (χ2v) is 7.24. The molecule has 0 saturated carbocycles. The summed E-state index contributed by atoms with van der Waals surface area (Å²) < 4.78 is 2.53. The lowest BCUT2D eigenvalue weighted by Gasteiger charge is -2.07. The van der Waals surface area contributed by atoms with Crippen LogP contribution in [0.15, 0.2) is 70.1 Å². The number of H-pyrrole nitrogens is 1. The quantitative estimate of drug-likeness (QED) is 0.273. The van der Waals surface area contributed by atoms with Crippen LogP contribution in [0.2, 0.25) is 0 Å². The third-order valence-electron chi connectivity index (χ3n) is 4.45. The molecule has 0 radical (unpaired) electrons. The number of nitro benzene ring substituents is 1. The van der Waals surface area contributed by atoms with Crippen LogP contribution in [0.4, 0.5) is 5.69 Å². The van der Waals surface area contributed by atoms with Crippen molar-refractivity contribution in [2.75, 3.05) is 0 Å². The largest absolute Gasteiger partial charge is 0.317 e. The number of nitrogens with one attached hydrogen (secondary N) is 1. The average Bonchev–Trinajstić information content (AvgIpc) is 3.20. The molecule has 0 aliphatic heterocycles. The number of hydrogen-bond acceptors (Lipinski definition) is 5. The third kappa shape index (κ3) is 3.64. The van der Waals surface area contributed by atoms with E-state index in [2.05, 4.69) is 32.0 Å². The van der Waals surface area contributed by atoms with Gasteiger partial charge in [0.1, 0.15) is 6.07 Å². The van der Waals surface area contributed by atoms with E-state index in [1.54, 1.807) is 59.3 Å². The van der Waals surface area contributed by atoms with Crippen molar-refractivity contribution in [3.05, 3.63) is 97.3 Å². The van der Waals surface area contributed by atoms with Gasteiger partial charge in [-0.2, -0.15) is 5.26 Å². The van der Waals surface area contributed by atoms with Crippen LogP contribution in [0.1, 0.15) is 11.5 Å². The summed E-state index contributed by atoms with van der Waals surface area (Å²) in [4.78, 5) is 29.9. The fraction of sp³-hybridized carbons (Fsp3) is 0. The van der Waals surface area contributed by atoms with Crippen molar-refractivity contribution in [2.24, 2.45) is 0 Å². The van der Waals surface area contributed by atoms with Gasteiger partial charge in [-0.15, -0.1) is 0 Å². The first-order chi connectivity index (χ1) is 14.5. The summed E-state index contributed by atoms with van der Waals surface area (Å²) in [5.41, 5.74) is 1.65. The topological polar surface area (TPSA) is 118 Å². The fourth-order valence-corrected chi connectivity index (χ4v) is 3.38. The van der Waals surface area contributed by atoms with Crippen molar-refractivity contribution in [2.45, 2.75) is 0 Å². The Labute approximate surface area is 178 Å². The van der Waals surface area contributed by atoms with E-state index in [4.69, 9.17) is 0 Å². The zero-order valence-corrected chi connectivity index (χ0v) is 16.8. The van der Waals surface area contributed by atoms with Crippen molar-refractivity contribution < 1.29 is 4.92 Å². The van der Waals surface area contributed by atoms with E-state index in [0.717, 1.165) is 4.47 Å². The normalized spacial score (nSPS) is 11.4. The van der Waals surface area contributed by atoms with Gasteiger partial charge in [0.15, 0.2) is 5.82 Å². The Bertz CT molecular complexity index is 1410. The second-order valence-electron chi connectivity index (χ2n) is 6.32. The lowest BCUT2D eigenvalue weighted by atomic mass is 10.2. The number of hydrogen-bond donors (Lipinski definition) is 1. The van der Waals surface area contributed by atoms with E-state index in [1.807, 2.05) is 0 Å². The smallest absolute Gasteiger partial charge is 0.269 e. The van der Waals surface area contributed by atoms with Crippen molar-refractivity contribution in [1.82, 2.24) is 14.5 Å². The Morgan fingerprint density at radius 3 is 2.70 bits per heavy atom. The molecular weight excluding hydrogens is 450 g/mol. The minimum Gasteiger partial charge on any atom is -0.317 e. The number of nitriles is 1. The standard InChI is InChI=1S/C21H12BrN5O3/c22-14-3-8-19-18(11-14)21(28)25-20(24-19)13(12-23)10-17-2-1-9-26(17)15-4-6-16(7-5-15)27(29)30/h1-11H,(H,24,25,28)/b13-10-. The van der Waals surface area contributed by atoms with E-state index in [9.17, 15) is 20.2 Å². The third-order valence-corrected chi connectivity index (χ3v) is 4.95. The molecule has 0 aliphatic carbocycles. The summed E-state index contributed by atoms with van der Waals surface area (Å²) in [6, 6.07) is 16.9. The molecule has 2 aromatic heterocycles. The van der Waals surface area contributed by atoms with E-state index in [1.165, 1.54) is 12.1 Å². The molecule has 2 heterocycles. The van der Waals surface area contributed by atoms with E-state index >= 15 is 0 Å². The second kappa shape index (κ2) is 7.77. The molecule has 146 valence electrons. The van der Waals surface area contributed by atoms with Gasteiger partial charge in [-0.05, 0) is 48.5 Å². The molecule has 0 fully saturated rings. The Morgan fingerprint density at radius 2 is 2.00 bits per heavy atom. The number of benzene rings is 2. The average molecular weight is 462 g/mol. The van der Waals surface area contributed by atoms with Gasteiger partial charge in [0.25, 0.3) is 11.2 Å². The van der Waals surface area contributed by atoms with Crippen LogP contribution >= 0.6 is 15.9 Å². The maximum Gasteiger partial charge on any atom is 0.269 e. The van der Waals surface area contributed by atoms with Gasteiger partial charge in [0, 0.05) is 34.2 Å². The van der Waals surface area contributed by atoms with Crippen LogP contribution < -0.4 is 5.56 Å². The molecule has 0 atom stereocenters. The minimum atomic E-state index is -0.464. The molecule has 4 aromatic rings. The number of non-ortho nitro benzene ring substituents is 1. The molecule has 8 nitrogen and oxygen atoms in total. The van der Waals surface area contributed by atoms with Crippen LogP contribution in [-0.2, 0) is 0 Å². The number of halogens is 1. The summed E-state index contributed by atoms with van der Waals surface area (Å²) in [6.45, 7) is 0. The molecule has 9 heteroatoms. The van der Waals surface area contributed by atoms with E-state index in [-0.39, 0.29) is 22.6 Å². The summed E-state index contributed by atoms with van der Waals surface area (Å²) >= 11 is 3.33. The van der Waals surface area contributed by atoms with Crippen molar-refractivity contribution in [3.63, 3.8) is 0 Å². The van der Waals surface area contributed by atoms with E-state index in [0.29, 0.717) is 22.3 Å². The molecule has 1 N–H and O–H groups in total. The van der Waals surface area contributed by atoms with Crippen molar-refractivity contribution in [1.29, 1.82) is 5.26 Å². The predicted octanol–water partition coefficient (Wildman–Crippen LogP) is 4.45. The minimum absolute atomic E-state index is 0.00899. The van der Waals surface area contributed by atoms with Gasteiger partial charge < -0.3 is 9.55 Å². The van der Waals surface area contributed by atoms with Crippen LogP contribution in [0.25, 0.3) is 28.2 Å². The molecule has 30 heavy (non-hydrogen) atoms. The number of rotatable bonds is 4. The predicted molar refractivity (Wildman–Crippen MR) is 116 cm³/mol. The first-order valence-corrected chi connectivity index (χ1v) is 9.49. The number of allylic oxidation sites excluding steroid dienone is 1. The maximum absolute atomic E-state index is 12.4. The zero-order chi connectivity index (χ0) is 21.3. The van der Waals surface area contributed by atoms with Crippen LogP contribution in [-0.4, -0.2) is 19.5 Å². The van der Waals surface area contributed by atoms with Gasteiger partial charge in [0.05, 0.1) is 21.4 Å². The number of fused-ring (bicyclic) bond motifs is 1. The van der Waals surface area contributed by atoms with Crippen LogP contribution in [0.5, 0.6) is 0 Å². The highest BCUT2D eigenvalue weighted by Gasteiger charge is 2.11. The maximum atomic E-state index is 12.4. The molecule has 4 rings (SSSR count). The number of aromatic amines is 1. The SMILES string of the molecule is N#C/C(=C/c1cccn1-c1ccc([N+](=O)[O-])cc1)c1nc2ccc(Br)cc2c(=O)[nH]1. The van der Waals surface area contributed by atoms with E-state index < -0.39 is 4.92 Å². The Morgan fingerprint density at radius 1 is 1.23 bits per heavy atom. The molecular formula is C21H12BrN5O3. The molecule has 0 bridgehead atoms. The lowest BCUT2D eigenvalue weighted by Crippen LogP contribution is -2.11. The zero-order valence-electron chi connectivity index (χ0n) is 15.2. The highest BCUT2D eigenvalue weighted by Crippen LogP contribution is 2.22. The molecule has 0 saturated heterocycles. The summed E-state index contributed by atoms with van der Waals surface area (Å²) in [5, 5.41) is 20.9. The van der Waals surface area contributed by atoms with Gasteiger partial charge >= 0.3 is 0 Å². The van der Waals surface area contributed by atoms with Gasteiger partial charge in [0.2, 0.25) is 0 Å². The van der Waals surface area contributed by atoms with Crippen LogP contribution in [0, 0.1) is 21.4 Å². The van der Waals surface area contributed by atoms with Gasteiger partial charge in [-0.3, -0.25) is 14.9 Å². The molecule has 0 aliphatic rings. The molecule has 0 amide bonds. The summed E-state index contributed by atoms with van der Waals surface area (Å²) in [6.07, 6.45) is 3.38. The van der Waals surface area contributed by atoms with Crippen molar-refractivity contribution >= 4 is 44.2 Å². The highest BCUT2D eigenvalue weighted by atomic mass is 79.9. The molecule has 0 spiro atoms. The van der Waals surface area contributed by atoms with Gasteiger partial charge in [-0.1, -0.05) is 15.9 Å². The summed E-state index contributed by atoms with van der Waals surface area (Å²) in [5.74, 6) is 0.161. The van der Waals surface area contributed by atoms with Crippen LogP contribution in [0.3, 0.4) is 0 Å². The first kappa shape index (κ1) is 19.3. The fourth-order valence-electron chi connectivity index (χ4n) is 3.02. The number of nitrogens with zero attached hydrogens (tertiary/aromatic N) is 4. The highest BCUT2D eigenvalue weighted by molar-refractivity contribution is 9.10. The Balaban J connectivity index is 1.78.